The van der Waals surface area contributed by atoms with Gasteiger partial charge in [0.2, 0.25) is 5.91 Å². The molecule has 2 N–H and O–H groups in total. The number of carbonyl (C=O) groups excluding carboxylic acids is 1. The maximum Gasteiger partial charge on any atom is 0.234 e. The van der Waals surface area contributed by atoms with Gasteiger partial charge in [-0.3, -0.25) is 14.6 Å². The summed E-state index contributed by atoms with van der Waals surface area (Å²) >= 11 is 0. The molecule has 1 amide bonds. The fourth-order valence-corrected chi connectivity index (χ4v) is 6.07. The van der Waals surface area contributed by atoms with Crippen LogP contribution >= 0.6 is 0 Å². The van der Waals surface area contributed by atoms with Crippen molar-refractivity contribution >= 4 is 5.91 Å². The number of nitrogens with zero attached hydrogens (tertiary/aromatic N) is 3. The van der Waals surface area contributed by atoms with Crippen molar-refractivity contribution in [1.82, 2.24) is 25.3 Å². The molecule has 0 bridgehead atoms. The van der Waals surface area contributed by atoms with E-state index in [0.29, 0.717) is 24.8 Å². The number of hydrogen-bond acceptors (Lipinski definition) is 7. The Morgan fingerprint density at radius 3 is 1.91 bits per heavy atom. The second-order valence-electron chi connectivity index (χ2n) is 12.6. The van der Waals surface area contributed by atoms with Gasteiger partial charge in [0.15, 0.2) is 0 Å². The van der Waals surface area contributed by atoms with Gasteiger partial charge in [-0.1, -0.05) is 69.2 Å². The van der Waals surface area contributed by atoms with Gasteiger partial charge in [-0.25, -0.2) is 0 Å². The topological polar surface area (TPSA) is 69.3 Å². The summed E-state index contributed by atoms with van der Waals surface area (Å²) in [6.07, 6.45) is 6.23. The minimum absolute atomic E-state index is 0.168. The van der Waals surface area contributed by atoms with Crippen molar-refractivity contribution in [2.45, 2.75) is 120 Å². The molecule has 2 aliphatic heterocycles. The largest absolute Gasteiger partial charge is 0.383 e. The minimum Gasteiger partial charge on any atom is -0.383 e. The molecule has 2 saturated heterocycles. The molecule has 1 saturated carbocycles. The van der Waals surface area contributed by atoms with Crippen LogP contribution in [-0.2, 0) is 14.3 Å². The van der Waals surface area contributed by atoms with Gasteiger partial charge in [0.1, 0.15) is 0 Å². The van der Waals surface area contributed by atoms with Gasteiger partial charge in [-0.05, 0) is 62.9 Å². The molecule has 3 fully saturated rings. The van der Waals surface area contributed by atoms with Crippen molar-refractivity contribution in [3.8, 4) is 0 Å². The van der Waals surface area contributed by atoms with Crippen LogP contribution in [0.4, 0.5) is 0 Å². The lowest BCUT2D eigenvalue weighted by molar-refractivity contribution is -0.127. The Morgan fingerprint density at radius 1 is 0.767 bits per heavy atom. The summed E-state index contributed by atoms with van der Waals surface area (Å²) in [6.45, 7) is 33.3. The molecule has 3 rings (SSSR count). The number of piperazine rings is 1. The van der Waals surface area contributed by atoms with Crippen molar-refractivity contribution in [3.05, 3.63) is 0 Å². The van der Waals surface area contributed by atoms with E-state index >= 15 is 0 Å². The van der Waals surface area contributed by atoms with Crippen molar-refractivity contribution in [3.63, 3.8) is 0 Å². The Bertz CT molecular complexity index is 631. The SMILES string of the molecule is CC.CC.CC.COCCN1CCN(CC(=O)NC2CC(OC3CCN(CC(C)CC(C)CNCC(C)C)CC3)C2)CC1. The minimum atomic E-state index is 0.168. The first-order valence-corrected chi connectivity index (χ1v) is 18.1. The highest BCUT2D eigenvalue weighted by atomic mass is 16.5. The predicted octanol–water partition coefficient (Wildman–Crippen LogP) is 5.37. The number of methoxy groups -OCH3 is 1. The summed E-state index contributed by atoms with van der Waals surface area (Å²) in [5, 5.41) is 6.84. The van der Waals surface area contributed by atoms with Crippen LogP contribution in [0.1, 0.15) is 101 Å². The molecule has 2 atom stereocenters. The highest BCUT2D eigenvalue weighted by molar-refractivity contribution is 5.78. The van der Waals surface area contributed by atoms with Crippen LogP contribution < -0.4 is 10.6 Å². The maximum absolute atomic E-state index is 12.5. The zero-order valence-electron chi connectivity index (χ0n) is 30.6. The predicted molar refractivity (Wildman–Crippen MR) is 185 cm³/mol. The number of amides is 1. The summed E-state index contributed by atoms with van der Waals surface area (Å²) in [4.78, 5) is 19.8. The van der Waals surface area contributed by atoms with Crippen molar-refractivity contribution < 1.29 is 14.3 Å². The van der Waals surface area contributed by atoms with Gasteiger partial charge in [-0.2, -0.15) is 0 Å². The monoisotopic (exact) mass is 614 g/mol. The Balaban J connectivity index is 0.00000276. The molecule has 0 spiro atoms. The number of carbonyl (C=O) groups is 1. The number of piperidine rings is 1. The lowest BCUT2D eigenvalue weighted by Gasteiger charge is -2.41. The van der Waals surface area contributed by atoms with Crippen LogP contribution in [0.3, 0.4) is 0 Å². The van der Waals surface area contributed by atoms with Crippen molar-refractivity contribution in [2.24, 2.45) is 17.8 Å². The van der Waals surface area contributed by atoms with E-state index in [1.165, 1.54) is 13.0 Å². The van der Waals surface area contributed by atoms with Crippen LogP contribution in [0.25, 0.3) is 0 Å². The van der Waals surface area contributed by atoms with E-state index in [4.69, 9.17) is 9.47 Å². The van der Waals surface area contributed by atoms with Gasteiger partial charge < -0.3 is 25.0 Å². The number of rotatable bonds is 16. The molecule has 2 heterocycles. The second-order valence-corrected chi connectivity index (χ2v) is 12.6. The first-order chi connectivity index (χ1) is 20.8. The number of nitrogens with one attached hydrogen (secondary N) is 2. The third-order valence-electron chi connectivity index (χ3n) is 8.24. The highest BCUT2D eigenvalue weighted by Gasteiger charge is 2.34. The van der Waals surface area contributed by atoms with Crippen LogP contribution in [-0.4, -0.2) is 125 Å². The standard InChI is InChI=1S/C29H57N5O3.3C2H6/c1-23(2)19-30-20-24(3)16-25(4)21-33-8-6-27(7-9-33)37-28-17-26(18-28)31-29(35)22-34-12-10-32(11-13-34)14-15-36-5;3*1-2/h23-28,30H,6-22H2,1-5H3,(H,31,35);3*1-2H3. The van der Waals surface area contributed by atoms with E-state index in [1.54, 1.807) is 7.11 Å². The first-order valence-electron chi connectivity index (χ1n) is 18.1. The third kappa shape index (κ3) is 19.4. The van der Waals surface area contributed by atoms with Gasteiger partial charge in [0, 0.05) is 65.5 Å². The van der Waals surface area contributed by atoms with E-state index in [1.807, 2.05) is 41.5 Å². The summed E-state index contributed by atoms with van der Waals surface area (Å²) in [7, 11) is 1.75. The number of likely N-dealkylation sites (tertiary alicyclic amines) is 1. The van der Waals surface area contributed by atoms with Crippen LogP contribution in [0, 0.1) is 17.8 Å². The maximum atomic E-state index is 12.5. The normalized spacial score (nSPS) is 23.0. The van der Waals surface area contributed by atoms with Crippen molar-refractivity contribution in [1.29, 1.82) is 0 Å². The highest BCUT2D eigenvalue weighted by Crippen LogP contribution is 2.28. The summed E-state index contributed by atoms with van der Waals surface area (Å²) in [6, 6.07) is 0.290. The quantitative estimate of drug-likeness (QED) is 0.243. The fraction of sp³-hybridized carbons (Fsp3) is 0.971. The average Bonchev–Trinajstić information content (AvgIpc) is 2.99. The Morgan fingerprint density at radius 2 is 1.35 bits per heavy atom. The summed E-state index contributed by atoms with van der Waals surface area (Å²) in [5.41, 5.74) is 0. The molecule has 2 unspecified atom stereocenters. The van der Waals surface area contributed by atoms with Gasteiger partial charge in [0.05, 0.1) is 25.4 Å². The molecule has 1 aliphatic carbocycles. The number of ether oxygens (including phenoxy) is 2. The van der Waals surface area contributed by atoms with Crippen LogP contribution in [0.2, 0.25) is 0 Å². The van der Waals surface area contributed by atoms with Crippen molar-refractivity contribution in [2.75, 3.05) is 85.7 Å². The molecule has 0 aromatic rings. The zero-order chi connectivity index (χ0) is 32.6. The van der Waals surface area contributed by atoms with E-state index in [-0.39, 0.29) is 5.91 Å². The molecule has 0 aromatic heterocycles. The molecule has 43 heavy (non-hydrogen) atoms. The molecular formula is C35H75N5O3. The molecule has 8 nitrogen and oxygen atoms in total. The summed E-state index contributed by atoms with van der Waals surface area (Å²) in [5.74, 6) is 2.36. The first kappa shape index (κ1) is 42.2. The molecule has 8 heteroatoms. The van der Waals surface area contributed by atoms with E-state index in [9.17, 15) is 4.79 Å². The Kier molecular flexibility index (Phi) is 26.0. The average molecular weight is 614 g/mol. The molecular weight excluding hydrogens is 538 g/mol. The zero-order valence-corrected chi connectivity index (χ0v) is 30.6. The lowest BCUT2D eigenvalue weighted by atomic mass is 9.88. The van der Waals surface area contributed by atoms with E-state index < -0.39 is 0 Å². The molecule has 0 radical (unpaired) electrons. The lowest BCUT2D eigenvalue weighted by Crippen LogP contribution is -2.54. The molecule has 0 aromatic carbocycles. The van der Waals surface area contributed by atoms with Gasteiger partial charge >= 0.3 is 0 Å². The van der Waals surface area contributed by atoms with Gasteiger partial charge in [0.25, 0.3) is 0 Å². The fourth-order valence-electron chi connectivity index (χ4n) is 6.07. The Labute approximate surface area is 268 Å². The smallest absolute Gasteiger partial charge is 0.234 e. The third-order valence-corrected chi connectivity index (χ3v) is 8.24. The van der Waals surface area contributed by atoms with E-state index in [0.717, 1.165) is 109 Å². The van der Waals surface area contributed by atoms with Gasteiger partial charge in [-0.15, -0.1) is 0 Å². The summed E-state index contributed by atoms with van der Waals surface area (Å²) < 4.78 is 11.6. The Hall–Kier alpha value is -0.770. The molecule has 3 aliphatic rings. The van der Waals surface area contributed by atoms with Crippen LogP contribution in [0.15, 0.2) is 0 Å². The van der Waals surface area contributed by atoms with E-state index in [2.05, 4.69) is 53.0 Å². The van der Waals surface area contributed by atoms with Crippen LogP contribution in [0.5, 0.6) is 0 Å². The molecule has 258 valence electrons. The number of hydrogen-bond donors (Lipinski definition) is 2. The second kappa shape index (κ2) is 26.4.